The smallest absolute Gasteiger partial charge is 0.257 e. The van der Waals surface area contributed by atoms with Crippen LogP contribution in [0, 0.1) is 0 Å². The van der Waals surface area contributed by atoms with Crippen molar-refractivity contribution in [2.24, 2.45) is 0 Å². The van der Waals surface area contributed by atoms with Gasteiger partial charge in [-0.1, -0.05) is 47.7 Å². The number of carbonyl (C=O) groups excluding carboxylic acids is 1. The van der Waals surface area contributed by atoms with Gasteiger partial charge in [0.05, 0.1) is 21.3 Å². The number of aromatic amines is 1. The van der Waals surface area contributed by atoms with Gasteiger partial charge in [-0.25, -0.2) is 15.0 Å². The molecule has 0 saturated carbocycles. The van der Waals surface area contributed by atoms with E-state index in [1.807, 2.05) is 66.9 Å². The van der Waals surface area contributed by atoms with Crippen molar-refractivity contribution in [3.05, 3.63) is 84.6 Å². The molecule has 3 N–H and O–H groups in total. The summed E-state index contributed by atoms with van der Waals surface area (Å²) < 4.78 is 1.03. The van der Waals surface area contributed by atoms with Gasteiger partial charge in [-0.2, -0.15) is 0 Å². The fourth-order valence-corrected chi connectivity index (χ4v) is 4.44. The number of H-pyrrole nitrogens is 1. The molecule has 0 saturated heterocycles. The highest BCUT2D eigenvalue weighted by Crippen LogP contribution is 2.26. The van der Waals surface area contributed by atoms with Crippen molar-refractivity contribution < 1.29 is 4.79 Å². The molecule has 3 aromatic heterocycles. The highest BCUT2D eigenvalue weighted by atomic mass is 32.1. The monoisotopic (exact) mass is 436 g/mol. The Morgan fingerprint density at radius 3 is 2.62 bits per heavy atom. The molecule has 6 rings (SSSR count). The van der Waals surface area contributed by atoms with E-state index in [1.165, 1.54) is 11.3 Å². The summed E-state index contributed by atoms with van der Waals surface area (Å²) >= 11 is 1.45. The lowest BCUT2D eigenvalue weighted by Crippen LogP contribution is -2.11. The number of nitrogens with zero attached hydrogens (tertiary/aromatic N) is 3. The van der Waals surface area contributed by atoms with Crippen molar-refractivity contribution >= 4 is 66.2 Å². The van der Waals surface area contributed by atoms with Crippen molar-refractivity contribution in [2.75, 3.05) is 10.6 Å². The molecule has 0 spiro atoms. The molecule has 3 aromatic carbocycles. The number of aromatic nitrogens is 4. The van der Waals surface area contributed by atoms with Crippen molar-refractivity contribution in [3.63, 3.8) is 0 Å². The number of pyridine rings is 1. The Kier molecular flexibility index (Phi) is 4.29. The normalized spacial score (nSPS) is 11.2. The highest BCUT2D eigenvalue weighted by Gasteiger charge is 2.12. The number of nitrogens with one attached hydrogen (secondary N) is 3. The molecule has 8 heteroatoms. The molecule has 3 heterocycles. The quantitative estimate of drug-likeness (QED) is 0.329. The van der Waals surface area contributed by atoms with E-state index < -0.39 is 0 Å². The number of hydrogen-bond donors (Lipinski definition) is 3. The van der Waals surface area contributed by atoms with Crippen LogP contribution < -0.4 is 10.6 Å². The number of rotatable bonds is 4. The van der Waals surface area contributed by atoms with Crippen LogP contribution in [-0.2, 0) is 0 Å². The molecule has 0 bridgehead atoms. The number of thiazole rings is 1. The number of anilines is 3. The minimum Gasteiger partial charge on any atom is -0.324 e. The largest absolute Gasteiger partial charge is 0.324 e. The first-order valence-electron chi connectivity index (χ1n) is 10.00. The van der Waals surface area contributed by atoms with E-state index in [4.69, 9.17) is 0 Å². The second kappa shape index (κ2) is 7.44. The number of benzene rings is 3. The fourth-order valence-electron chi connectivity index (χ4n) is 3.57. The third-order valence-corrected chi connectivity index (χ3v) is 6.09. The van der Waals surface area contributed by atoms with Crippen molar-refractivity contribution in [1.82, 2.24) is 19.9 Å². The van der Waals surface area contributed by atoms with E-state index in [-0.39, 0.29) is 5.91 Å². The van der Waals surface area contributed by atoms with E-state index in [0.717, 1.165) is 26.5 Å². The van der Waals surface area contributed by atoms with Crippen LogP contribution in [0.25, 0.3) is 32.0 Å². The first-order valence-corrected chi connectivity index (χ1v) is 10.8. The molecule has 0 radical (unpaired) electrons. The van der Waals surface area contributed by atoms with E-state index >= 15 is 0 Å². The molecule has 0 aliphatic rings. The SMILES string of the molecule is O=C(Nc1nc2ccccc2s1)c1ccc2[nH]c(Nc3cc4ccccc4cn3)nc2c1. The predicted octanol–water partition coefficient (Wildman–Crippen LogP) is 5.72. The lowest BCUT2D eigenvalue weighted by atomic mass is 10.2. The first kappa shape index (κ1) is 18.5. The summed E-state index contributed by atoms with van der Waals surface area (Å²) in [6.07, 6.45) is 1.82. The Balaban J connectivity index is 1.24. The van der Waals surface area contributed by atoms with Gasteiger partial charge in [0.15, 0.2) is 5.13 Å². The fraction of sp³-hybridized carbons (Fsp3) is 0. The lowest BCUT2D eigenvalue weighted by Gasteiger charge is -2.03. The second-order valence-corrected chi connectivity index (χ2v) is 8.33. The second-order valence-electron chi connectivity index (χ2n) is 7.30. The molecular weight excluding hydrogens is 420 g/mol. The van der Waals surface area contributed by atoms with Gasteiger partial charge in [0.25, 0.3) is 5.91 Å². The van der Waals surface area contributed by atoms with E-state index in [1.54, 1.807) is 12.1 Å². The Hall–Kier alpha value is -4.30. The molecule has 7 nitrogen and oxygen atoms in total. The van der Waals surface area contributed by atoms with Crippen LogP contribution in [0.1, 0.15) is 10.4 Å². The number of imidazole rings is 1. The van der Waals surface area contributed by atoms with E-state index in [9.17, 15) is 4.79 Å². The van der Waals surface area contributed by atoms with Crippen LogP contribution >= 0.6 is 11.3 Å². The summed E-state index contributed by atoms with van der Waals surface area (Å²) in [5.74, 6) is 1.03. The zero-order valence-electron chi connectivity index (χ0n) is 16.7. The van der Waals surface area contributed by atoms with Crippen LogP contribution in [-0.4, -0.2) is 25.8 Å². The van der Waals surface area contributed by atoms with Gasteiger partial charge >= 0.3 is 0 Å². The van der Waals surface area contributed by atoms with Gasteiger partial charge in [-0.05, 0) is 41.8 Å². The molecule has 1 amide bonds. The lowest BCUT2D eigenvalue weighted by molar-refractivity contribution is 0.102. The minimum absolute atomic E-state index is 0.223. The first-order chi connectivity index (χ1) is 15.7. The Morgan fingerprint density at radius 2 is 1.72 bits per heavy atom. The molecule has 0 aliphatic carbocycles. The molecule has 0 unspecified atom stereocenters. The number of para-hydroxylation sites is 1. The standard InChI is InChI=1S/C24H16N6OS/c31-22(30-24-28-18-7-3-4-8-20(18)32-24)15-9-10-17-19(11-15)27-23(26-17)29-21-12-14-5-1-2-6-16(14)13-25-21/h1-13H,(H,28,30,31)(H2,25,26,27,29). The summed E-state index contributed by atoms with van der Waals surface area (Å²) in [6, 6.07) is 23.2. The molecule has 154 valence electrons. The summed E-state index contributed by atoms with van der Waals surface area (Å²) in [6.45, 7) is 0. The third kappa shape index (κ3) is 3.42. The minimum atomic E-state index is -0.223. The maximum Gasteiger partial charge on any atom is 0.257 e. The molecule has 0 atom stereocenters. The average molecular weight is 437 g/mol. The van der Waals surface area contributed by atoms with Crippen LogP contribution in [0.4, 0.5) is 16.9 Å². The van der Waals surface area contributed by atoms with Gasteiger partial charge in [-0.15, -0.1) is 0 Å². The van der Waals surface area contributed by atoms with Gasteiger partial charge in [-0.3, -0.25) is 10.1 Å². The predicted molar refractivity (Wildman–Crippen MR) is 129 cm³/mol. The Labute approximate surface area is 186 Å². The van der Waals surface area contributed by atoms with Gasteiger partial charge in [0, 0.05) is 17.1 Å². The maximum absolute atomic E-state index is 12.7. The van der Waals surface area contributed by atoms with Crippen molar-refractivity contribution in [1.29, 1.82) is 0 Å². The number of carbonyl (C=O) groups is 1. The van der Waals surface area contributed by atoms with E-state index in [0.29, 0.717) is 28.0 Å². The Morgan fingerprint density at radius 1 is 0.875 bits per heavy atom. The number of amides is 1. The zero-order chi connectivity index (χ0) is 21.5. The molecular formula is C24H16N6OS. The van der Waals surface area contributed by atoms with Gasteiger partial charge in [0.1, 0.15) is 5.82 Å². The van der Waals surface area contributed by atoms with Crippen LogP contribution in [0.15, 0.2) is 79.0 Å². The van der Waals surface area contributed by atoms with Crippen LogP contribution in [0.5, 0.6) is 0 Å². The number of fused-ring (bicyclic) bond motifs is 3. The van der Waals surface area contributed by atoms with Crippen molar-refractivity contribution in [2.45, 2.75) is 0 Å². The van der Waals surface area contributed by atoms with Gasteiger partial charge in [0.2, 0.25) is 5.95 Å². The summed E-state index contributed by atoms with van der Waals surface area (Å²) in [5, 5.41) is 8.82. The van der Waals surface area contributed by atoms with E-state index in [2.05, 4.69) is 30.6 Å². The third-order valence-electron chi connectivity index (χ3n) is 5.14. The summed E-state index contributed by atoms with van der Waals surface area (Å²) in [5.41, 5.74) is 2.89. The Bertz CT molecular complexity index is 1590. The van der Waals surface area contributed by atoms with Crippen LogP contribution in [0.2, 0.25) is 0 Å². The highest BCUT2D eigenvalue weighted by molar-refractivity contribution is 7.22. The average Bonchev–Trinajstić information content (AvgIpc) is 3.41. The summed E-state index contributed by atoms with van der Waals surface area (Å²) in [7, 11) is 0. The molecule has 0 aliphatic heterocycles. The molecule has 0 fully saturated rings. The summed E-state index contributed by atoms with van der Waals surface area (Å²) in [4.78, 5) is 29.4. The molecule has 32 heavy (non-hydrogen) atoms. The van der Waals surface area contributed by atoms with Gasteiger partial charge < -0.3 is 10.3 Å². The maximum atomic E-state index is 12.7. The number of hydrogen-bond acceptors (Lipinski definition) is 6. The topological polar surface area (TPSA) is 95.6 Å². The molecule has 6 aromatic rings. The zero-order valence-corrected chi connectivity index (χ0v) is 17.5. The van der Waals surface area contributed by atoms with Crippen LogP contribution in [0.3, 0.4) is 0 Å². The van der Waals surface area contributed by atoms with Crippen molar-refractivity contribution in [3.8, 4) is 0 Å².